The number of nitrogens with two attached hydrogens (primary N) is 2. The molecule has 0 radical (unpaired) electrons. The average Bonchev–Trinajstić information content (AvgIpc) is 2.61. The molecule has 0 spiro atoms. The van der Waals surface area contributed by atoms with Gasteiger partial charge in [-0.2, -0.15) is 5.10 Å². The Balaban J connectivity index is 2.66. The van der Waals surface area contributed by atoms with Gasteiger partial charge in [-0.15, -0.1) is 0 Å². The number of halogens is 2. The highest BCUT2D eigenvalue weighted by atomic mass is 35.5. The minimum atomic E-state index is -0.671. The van der Waals surface area contributed by atoms with E-state index in [-0.39, 0.29) is 21.4 Å². The van der Waals surface area contributed by atoms with Gasteiger partial charge in [0.25, 0.3) is 5.91 Å². The maximum Gasteiger partial charge on any atom is 0.254 e. The van der Waals surface area contributed by atoms with Crippen molar-refractivity contribution in [3.8, 4) is 5.69 Å². The second kappa shape index (κ2) is 4.23. The Morgan fingerprint density at radius 3 is 2.29 bits per heavy atom. The van der Waals surface area contributed by atoms with E-state index in [1.807, 2.05) is 0 Å². The molecule has 6 nitrogen and oxygen atoms in total. The first-order valence-electron chi connectivity index (χ1n) is 4.45. The number of amides is 1. The number of aromatic nitrogens is 3. The van der Waals surface area contributed by atoms with Crippen LogP contribution in [0.15, 0.2) is 18.6 Å². The van der Waals surface area contributed by atoms with E-state index in [1.165, 1.54) is 23.3 Å². The van der Waals surface area contributed by atoms with Gasteiger partial charge in [-0.1, -0.05) is 23.2 Å². The van der Waals surface area contributed by atoms with Gasteiger partial charge >= 0.3 is 0 Å². The number of rotatable bonds is 2. The molecule has 88 valence electrons. The second-order valence-electron chi connectivity index (χ2n) is 3.17. The van der Waals surface area contributed by atoms with Gasteiger partial charge in [0.1, 0.15) is 17.1 Å². The fourth-order valence-electron chi connectivity index (χ4n) is 1.33. The Morgan fingerprint density at radius 2 is 1.82 bits per heavy atom. The van der Waals surface area contributed by atoms with Crippen LogP contribution in [0.3, 0.4) is 0 Å². The first kappa shape index (κ1) is 11.7. The van der Waals surface area contributed by atoms with Crippen LogP contribution in [0.5, 0.6) is 0 Å². The van der Waals surface area contributed by atoms with Crippen LogP contribution >= 0.6 is 23.2 Å². The predicted octanol–water partition coefficient (Wildman–Crippen LogP) is 1.26. The molecule has 0 fully saturated rings. The Morgan fingerprint density at radius 1 is 1.24 bits per heavy atom. The SMILES string of the molecule is NC(=O)c1cnn(-c2c(Cl)cncc2Cl)c1N. The summed E-state index contributed by atoms with van der Waals surface area (Å²) in [5.41, 5.74) is 11.3. The van der Waals surface area contributed by atoms with Crippen LogP contribution in [0, 0.1) is 0 Å². The van der Waals surface area contributed by atoms with E-state index in [0.717, 1.165) is 0 Å². The summed E-state index contributed by atoms with van der Waals surface area (Å²) in [6.45, 7) is 0. The van der Waals surface area contributed by atoms with E-state index in [1.54, 1.807) is 0 Å². The average molecular weight is 272 g/mol. The molecule has 0 unspecified atom stereocenters. The van der Waals surface area contributed by atoms with Gasteiger partial charge in [-0.3, -0.25) is 9.78 Å². The van der Waals surface area contributed by atoms with E-state index in [0.29, 0.717) is 5.69 Å². The summed E-state index contributed by atoms with van der Waals surface area (Å²) in [6, 6.07) is 0. The van der Waals surface area contributed by atoms with Crippen LogP contribution in [-0.2, 0) is 0 Å². The number of anilines is 1. The van der Waals surface area contributed by atoms with Crippen molar-refractivity contribution < 1.29 is 4.79 Å². The number of hydrogen-bond donors (Lipinski definition) is 2. The van der Waals surface area contributed by atoms with E-state index >= 15 is 0 Å². The zero-order valence-electron chi connectivity index (χ0n) is 8.39. The van der Waals surface area contributed by atoms with Crippen LogP contribution < -0.4 is 11.5 Å². The van der Waals surface area contributed by atoms with Crippen molar-refractivity contribution in [2.24, 2.45) is 5.73 Å². The largest absolute Gasteiger partial charge is 0.383 e. The first-order chi connectivity index (χ1) is 8.02. The lowest BCUT2D eigenvalue weighted by Crippen LogP contribution is -2.13. The van der Waals surface area contributed by atoms with Crippen molar-refractivity contribution in [2.75, 3.05) is 5.73 Å². The fraction of sp³-hybridized carbons (Fsp3) is 0. The van der Waals surface area contributed by atoms with Crippen molar-refractivity contribution in [1.82, 2.24) is 14.8 Å². The van der Waals surface area contributed by atoms with Crippen molar-refractivity contribution in [2.45, 2.75) is 0 Å². The van der Waals surface area contributed by atoms with Crippen molar-refractivity contribution >= 4 is 34.9 Å². The molecular formula is C9H7Cl2N5O. The highest BCUT2D eigenvalue weighted by Gasteiger charge is 2.17. The highest BCUT2D eigenvalue weighted by Crippen LogP contribution is 2.29. The number of nitrogen functional groups attached to an aromatic ring is 1. The first-order valence-corrected chi connectivity index (χ1v) is 5.20. The van der Waals surface area contributed by atoms with E-state index < -0.39 is 5.91 Å². The number of primary amides is 1. The molecule has 0 saturated heterocycles. The lowest BCUT2D eigenvalue weighted by molar-refractivity contribution is 0.100. The van der Waals surface area contributed by atoms with Gasteiger partial charge in [-0.25, -0.2) is 4.68 Å². The molecule has 0 aromatic carbocycles. The zero-order chi connectivity index (χ0) is 12.6. The fourth-order valence-corrected chi connectivity index (χ4v) is 1.86. The Bertz CT molecular complexity index is 575. The predicted molar refractivity (Wildman–Crippen MR) is 64.3 cm³/mol. The van der Waals surface area contributed by atoms with E-state index in [4.69, 9.17) is 34.7 Å². The molecule has 2 aromatic rings. The second-order valence-corrected chi connectivity index (χ2v) is 3.99. The summed E-state index contributed by atoms with van der Waals surface area (Å²) < 4.78 is 1.24. The maximum atomic E-state index is 11.0. The minimum absolute atomic E-state index is 0.0764. The Hall–Kier alpha value is -1.79. The number of pyridine rings is 1. The number of carbonyl (C=O) groups excluding carboxylic acids is 1. The minimum Gasteiger partial charge on any atom is -0.383 e. The summed E-state index contributed by atoms with van der Waals surface area (Å²) in [6.07, 6.45) is 4.05. The van der Waals surface area contributed by atoms with Crippen LogP contribution in [0.1, 0.15) is 10.4 Å². The summed E-state index contributed by atoms with van der Waals surface area (Å²) in [5.74, 6) is -0.595. The van der Waals surface area contributed by atoms with E-state index in [9.17, 15) is 4.79 Å². The molecule has 2 rings (SSSR count). The number of hydrogen-bond acceptors (Lipinski definition) is 4. The van der Waals surface area contributed by atoms with Crippen LogP contribution in [-0.4, -0.2) is 20.7 Å². The number of carbonyl (C=O) groups is 1. The highest BCUT2D eigenvalue weighted by molar-refractivity contribution is 6.37. The molecule has 0 bridgehead atoms. The standard InChI is InChI=1S/C9H7Cl2N5O/c10-5-2-14-3-6(11)7(5)16-8(12)4(1-15-16)9(13)17/h1-3H,12H2,(H2,13,17). The van der Waals surface area contributed by atoms with Gasteiger partial charge in [0.2, 0.25) is 0 Å². The molecule has 0 aliphatic rings. The van der Waals surface area contributed by atoms with E-state index in [2.05, 4.69) is 10.1 Å². The molecule has 0 atom stereocenters. The van der Waals surface area contributed by atoms with Gasteiger partial charge in [0, 0.05) is 12.4 Å². The Kier molecular flexibility index (Phi) is 2.91. The topological polar surface area (TPSA) is 99.8 Å². The zero-order valence-corrected chi connectivity index (χ0v) is 9.90. The summed E-state index contributed by atoms with van der Waals surface area (Å²) in [4.78, 5) is 14.9. The lowest BCUT2D eigenvalue weighted by atomic mass is 10.3. The third kappa shape index (κ3) is 1.92. The van der Waals surface area contributed by atoms with Crippen molar-refractivity contribution in [1.29, 1.82) is 0 Å². The van der Waals surface area contributed by atoms with Gasteiger partial charge in [-0.05, 0) is 0 Å². The summed E-state index contributed by atoms with van der Waals surface area (Å²) >= 11 is 11.9. The quantitative estimate of drug-likeness (QED) is 0.859. The molecule has 2 heterocycles. The van der Waals surface area contributed by atoms with Crippen LogP contribution in [0.4, 0.5) is 5.82 Å². The van der Waals surface area contributed by atoms with Gasteiger partial charge in [0.15, 0.2) is 0 Å². The normalized spacial score (nSPS) is 10.5. The summed E-state index contributed by atoms with van der Waals surface area (Å²) in [5, 5.41) is 4.46. The maximum absolute atomic E-state index is 11.0. The van der Waals surface area contributed by atoms with Gasteiger partial charge in [0.05, 0.1) is 16.2 Å². The van der Waals surface area contributed by atoms with Crippen LogP contribution in [0.2, 0.25) is 10.0 Å². The Labute approximate surface area is 106 Å². The van der Waals surface area contributed by atoms with Crippen molar-refractivity contribution in [3.63, 3.8) is 0 Å². The number of nitrogens with zero attached hydrogens (tertiary/aromatic N) is 3. The molecule has 0 saturated carbocycles. The third-order valence-corrected chi connectivity index (χ3v) is 2.67. The molecular weight excluding hydrogens is 265 g/mol. The molecule has 2 aromatic heterocycles. The monoisotopic (exact) mass is 271 g/mol. The molecule has 17 heavy (non-hydrogen) atoms. The molecule has 1 amide bonds. The molecule has 0 aliphatic heterocycles. The third-order valence-electron chi connectivity index (χ3n) is 2.11. The van der Waals surface area contributed by atoms with Crippen molar-refractivity contribution in [3.05, 3.63) is 34.2 Å². The summed E-state index contributed by atoms with van der Waals surface area (Å²) in [7, 11) is 0. The lowest BCUT2D eigenvalue weighted by Gasteiger charge is -2.08. The molecule has 8 heteroatoms. The molecule has 4 N–H and O–H groups in total. The van der Waals surface area contributed by atoms with Gasteiger partial charge < -0.3 is 11.5 Å². The van der Waals surface area contributed by atoms with Crippen LogP contribution in [0.25, 0.3) is 5.69 Å². The smallest absolute Gasteiger partial charge is 0.254 e. The molecule has 0 aliphatic carbocycles.